The first-order chi connectivity index (χ1) is 19.5. The molecule has 0 saturated carbocycles. The molecule has 204 valence electrons. The largest absolute Gasteiger partial charge is 0.338 e. The molecule has 0 N–H and O–H groups in total. The molecule has 40 heavy (non-hydrogen) atoms. The summed E-state index contributed by atoms with van der Waals surface area (Å²) in [5.41, 5.74) is 8.02. The lowest BCUT2D eigenvalue weighted by Gasteiger charge is -2.32. The van der Waals surface area contributed by atoms with Crippen LogP contribution >= 0.6 is 0 Å². The number of likely N-dealkylation sites (tertiary alicyclic amines) is 1. The molecule has 2 aromatic carbocycles. The summed E-state index contributed by atoms with van der Waals surface area (Å²) in [6.07, 6.45) is 7.10. The zero-order valence-electron chi connectivity index (χ0n) is 23.4. The third-order valence-corrected chi connectivity index (χ3v) is 8.11. The van der Waals surface area contributed by atoms with Gasteiger partial charge in [0.1, 0.15) is 17.7 Å². The van der Waals surface area contributed by atoms with Gasteiger partial charge >= 0.3 is 0 Å². The van der Waals surface area contributed by atoms with Gasteiger partial charge in [-0.2, -0.15) is 5.10 Å². The maximum Gasteiger partial charge on any atom is 0.259 e. The highest BCUT2D eigenvalue weighted by molar-refractivity contribution is 5.99. The number of aromatic nitrogens is 6. The highest BCUT2D eigenvalue weighted by Gasteiger charge is 2.28. The summed E-state index contributed by atoms with van der Waals surface area (Å²) in [6.45, 7) is 8.37. The molecule has 0 aliphatic carbocycles. The number of carbonyl (C=O) groups excluding carboxylic acids is 1. The first-order valence-electron chi connectivity index (χ1n) is 14.1. The van der Waals surface area contributed by atoms with Crippen molar-refractivity contribution in [1.29, 1.82) is 0 Å². The van der Waals surface area contributed by atoms with Gasteiger partial charge in [0.2, 0.25) is 0 Å². The van der Waals surface area contributed by atoms with E-state index in [2.05, 4.69) is 70.1 Å². The topological polar surface area (TPSA) is 81.2 Å². The average molecular weight is 534 g/mol. The fourth-order valence-corrected chi connectivity index (χ4v) is 5.82. The summed E-state index contributed by atoms with van der Waals surface area (Å²) in [4.78, 5) is 20.6. The normalized spacial score (nSPS) is 15.6. The van der Waals surface area contributed by atoms with Crippen LogP contribution in [0.15, 0.2) is 67.1 Å². The molecule has 3 aromatic heterocycles. The number of aryl methyl sites for hydroxylation is 3. The lowest BCUT2D eigenvalue weighted by molar-refractivity contribution is 0.0673. The Morgan fingerprint density at radius 3 is 2.60 bits per heavy atom. The number of rotatable bonds is 7. The van der Waals surface area contributed by atoms with Crippen molar-refractivity contribution in [3.8, 4) is 0 Å². The SMILES string of the molecule is Cc1ccc(Cc2c(C)nc3c(C(=O)N4CCCC(Cc5nncn5Cc5ccccc5)C4)cnn3c2C)cc1. The number of hydrogen-bond acceptors (Lipinski definition) is 5. The number of nitrogens with zero attached hydrogens (tertiary/aromatic N) is 7. The molecule has 1 amide bonds. The van der Waals surface area contributed by atoms with E-state index < -0.39 is 0 Å². The number of benzene rings is 2. The lowest BCUT2D eigenvalue weighted by Crippen LogP contribution is -2.40. The van der Waals surface area contributed by atoms with Crippen LogP contribution in [-0.4, -0.2) is 53.3 Å². The Balaban J connectivity index is 1.18. The van der Waals surface area contributed by atoms with E-state index in [-0.39, 0.29) is 5.91 Å². The number of fused-ring (bicyclic) bond motifs is 1. The Labute approximate surface area is 234 Å². The van der Waals surface area contributed by atoms with E-state index in [1.54, 1.807) is 12.5 Å². The molecule has 1 fully saturated rings. The van der Waals surface area contributed by atoms with Crippen LogP contribution in [0.25, 0.3) is 5.65 Å². The monoisotopic (exact) mass is 533 g/mol. The first kappa shape index (κ1) is 25.9. The van der Waals surface area contributed by atoms with Crippen LogP contribution in [-0.2, 0) is 19.4 Å². The lowest BCUT2D eigenvalue weighted by atomic mass is 9.94. The van der Waals surface area contributed by atoms with Crippen molar-refractivity contribution in [1.82, 2.24) is 34.3 Å². The Bertz CT molecular complexity index is 1640. The summed E-state index contributed by atoms with van der Waals surface area (Å²) in [5.74, 6) is 1.30. The highest BCUT2D eigenvalue weighted by atomic mass is 16.2. The molecule has 4 heterocycles. The van der Waals surface area contributed by atoms with Crippen molar-refractivity contribution >= 4 is 11.6 Å². The maximum absolute atomic E-state index is 13.8. The summed E-state index contributed by atoms with van der Waals surface area (Å²) < 4.78 is 3.95. The molecule has 1 saturated heterocycles. The predicted molar refractivity (Wildman–Crippen MR) is 154 cm³/mol. The second kappa shape index (κ2) is 11.0. The minimum atomic E-state index is 0.00281. The number of piperidine rings is 1. The van der Waals surface area contributed by atoms with Crippen LogP contribution in [0.4, 0.5) is 0 Å². The number of carbonyl (C=O) groups is 1. The number of amides is 1. The minimum Gasteiger partial charge on any atom is -0.338 e. The Hall–Kier alpha value is -4.33. The van der Waals surface area contributed by atoms with Crippen LogP contribution in [0.3, 0.4) is 0 Å². The molecule has 1 unspecified atom stereocenters. The molecule has 1 atom stereocenters. The van der Waals surface area contributed by atoms with Gasteiger partial charge in [-0.3, -0.25) is 4.79 Å². The molecule has 8 nitrogen and oxygen atoms in total. The minimum absolute atomic E-state index is 0.00281. The van der Waals surface area contributed by atoms with Gasteiger partial charge in [0, 0.05) is 37.3 Å². The van der Waals surface area contributed by atoms with E-state index >= 15 is 0 Å². The van der Waals surface area contributed by atoms with Crippen molar-refractivity contribution in [3.05, 3.63) is 112 Å². The van der Waals surface area contributed by atoms with Gasteiger partial charge in [-0.05, 0) is 56.2 Å². The third kappa shape index (κ3) is 5.26. The smallest absolute Gasteiger partial charge is 0.259 e. The summed E-state index contributed by atoms with van der Waals surface area (Å²) in [5, 5.41) is 13.2. The molecular formula is C32H35N7O. The number of hydrogen-bond donors (Lipinski definition) is 0. The summed E-state index contributed by atoms with van der Waals surface area (Å²) in [6, 6.07) is 18.9. The second-order valence-electron chi connectivity index (χ2n) is 11.0. The average Bonchev–Trinajstić information content (AvgIpc) is 3.59. The molecule has 0 bridgehead atoms. The van der Waals surface area contributed by atoms with Crippen molar-refractivity contribution < 1.29 is 4.79 Å². The van der Waals surface area contributed by atoms with Crippen LogP contribution in [0, 0.1) is 26.7 Å². The van der Waals surface area contributed by atoms with E-state index in [0.717, 1.165) is 61.5 Å². The van der Waals surface area contributed by atoms with Gasteiger partial charge in [-0.25, -0.2) is 9.50 Å². The van der Waals surface area contributed by atoms with E-state index in [4.69, 9.17) is 4.98 Å². The second-order valence-corrected chi connectivity index (χ2v) is 11.0. The van der Waals surface area contributed by atoms with Crippen molar-refractivity contribution in [3.63, 3.8) is 0 Å². The molecule has 6 rings (SSSR count). The molecule has 5 aromatic rings. The van der Waals surface area contributed by atoms with Crippen molar-refractivity contribution in [2.75, 3.05) is 13.1 Å². The molecule has 0 radical (unpaired) electrons. The standard InChI is InChI=1S/C32H35N7O/c1-22-11-13-25(14-12-22)16-28-23(2)35-31-29(18-34-39(31)24(28)3)32(40)37-15-7-10-27(20-37)17-30-36-33-21-38(30)19-26-8-5-4-6-9-26/h4-6,8-9,11-14,18,21,27H,7,10,15-17,19-20H2,1-3H3. The molecule has 0 spiro atoms. The Morgan fingerprint density at radius 1 is 1.00 bits per heavy atom. The van der Waals surface area contributed by atoms with Gasteiger partial charge in [0.15, 0.2) is 5.65 Å². The summed E-state index contributed by atoms with van der Waals surface area (Å²) >= 11 is 0. The van der Waals surface area contributed by atoms with E-state index in [1.807, 2.05) is 34.5 Å². The Morgan fingerprint density at radius 2 is 1.80 bits per heavy atom. The van der Waals surface area contributed by atoms with Crippen LogP contribution in [0.5, 0.6) is 0 Å². The quantitative estimate of drug-likeness (QED) is 0.295. The van der Waals surface area contributed by atoms with Crippen LogP contribution in [0.2, 0.25) is 0 Å². The van der Waals surface area contributed by atoms with E-state index in [9.17, 15) is 4.79 Å². The van der Waals surface area contributed by atoms with E-state index in [0.29, 0.717) is 23.7 Å². The molecular weight excluding hydrogens is 498 g/mol. The Kier molecular flexibility index (Phi) is 7.15. The fraction of sp³-hybridized carbons (Fsp3) is 0.344. The van der Waals surface area contributed by atoms with Gasteiger partial charge in [0.25, 0.3) is 5.91 Å². The maximum atomic E-state index is 13.8. The van der Waals surface area contributed by atoms with Crippen molar-refractivity contribution in [2.45, 2.75) is 53.0 Å². The van der Waals surface area contributed by atoms with Crippen LogP contribution in [0.1, 0.15) is 62.7 Å². The fourth-order valence-electron chi connectivity index (χ4n) is 5.82. The highest BCUT2D eigenvalue weighted by Crippen LogP contribution is 2.25. The van der Waals surface area contributed by atoms with Crippen molar-refractivity contribution in [2.24, 2.45) is 5.92 Å². The zero-order chi connectivity index (χ0) is 27.6. The van der Waals surface area contributed by atoms with E-state index in [1.165, 1.54) is 16.7 Å². The molecule has 1 aliphatic heterocycles. The van der Waals surface area contributed by atoms with Crippen LogP contribution < -0.4 is 0 Å². The first-order valence-corrected chi connectivity index (χ1v) is 14.1. The van der Waals surface area contributed by atoms with Gasteiger partial charge in [-0.15, -0.1) is 10.2 Å². The third-order valence-electron chi connectivity index (χ3n) is 8.11. The summed E-state index contributed by atoms with van der Waals surface area (Å²) in [7, 11) is 0. The molecule has 1 aliphatic rings. The zero-order valence-corrected chi connectivity index (χ0v) is 23.4. The molecule has 8 heteroatoms. The van der Waals surface area contributed by atoms with Gasteiger partial charge in [0.05, 0.1) is 12.7 Å². The van der Waals surface area contributed by atoms with Gasteiger partial charge < -0.3 is 9.47 Å². The van der Waals surface area contributed by atoms with Gasteiger partial charge in [-0.1, -0.05) is 60.2 Å². The predicted octanol–water partition coefficient (Wildman–Crippen LogP) is 4.98.